The van der Waals surface area contributed by atoms with Gasteiger partial charge in [0.1, 0.15) is 11.6 Å². The molecule has 0 bridgehead atoms. The summed E-state index contributed by atoms with van der Waals surface area (Å²) in [6.45, 7) is 4.82. The second-order valence-corrected chi connectivity index (χ2v) is 7.64. The Bertz CT molecular complexity index is 939. The summed E-state index contributed by atoms with van der Waals surface area (Å²) in [5, 5.41) is 0.451. The molecule has 1 fully saturated rings. The Morgan fingerprint density at radius 1 is 1.31 bits per heavy atom. The fourth-order valence-corrected chi connectivity index (χ4v) is 4.21. The summed E-state index contributed by atoms with van der Waals surface area (Å²) < 4.78 is 16.4. The van der Waals surface area contributed by atoms with Gasteiger partial charge in [-0.3, -0.25) is 4.90 Å². The first-order valence-corrected chi connectivity index (χ1v) is 9.34. The van der Waals surface area contributed by atoms with Crippen LogP contribution in [0.15, 0.2) is 36.5 Å². The van der Waals surface area contributed by atoms with Crippen molar-refractivity contribution in [2.24, 2.45) is 13.0 Å². The molecule has 0 saturated carbocycles. The third-order valence-electron chi connectivity index (χ3n) is 5.47. The fraction of sp³-hybridized carbons (Fsp3) is 0.400. The normalized spacial score (nSPS) is 21.4. The van der Waals surface area contributed by atoms with Crippen LogP contribution in [0.1, 0.15) is 30.7 Å². The molecule has 3 heterocycles. The van der Waals surface area contributed by atoms with Gasteiger partial charge < -0.3 is 4.57 Å². The minimum Gasteiger partial charge on any atom is -0.329 e. The van der Waals surface area contributed by atoms with Crippen LogP contribution in [0.5, 0.6) is 0 Å². The van der Waals surface area contributed by atoms with Gasteiger partial charge >= 0.3 is 0 Å². The van der Waals surface area contributed by atoms with Gasteiger partial charge in [0.25, 0.3) is 0 Å². The molecule has 6 heteroatoms. The number of benzene rings is 1. The highest BCUT2D eigenvalue weighted by molar-refractivity contribution is 6.30. The van der Waals surface area contributed by atoms with E-state index in [4.69, 9.17) is 11.6 Å². The number of aryl methyl sites for hydroxylation is 1. The fourth-order valence-electron chi connectivity index (χ4n) is 4.05. The first-order chi connectivity index (χ1) is 12.5. The maximum Gasteiger partial charge on any atom is 0.177 e. The summed E-state index contributed by atoms with van der Waals surface area (Å²) in [6, 6.07) is 9.01. The van der Waals surface area contributed by atoms with Gasteiger partial charge in [-0.2, -0.15) is 0 Å². The third kappa shape index (κ3) is 3.21. The van der Waals surface area contributed by atoms with Crippen LogP contribution in [0, 0.1) is 11.7 Å². The number of imidazole rings is 1. The van der Waals surface area contributed by atoms with Gasteiger partial charge in [0.05, 0.1) is 12.1 Å². The number of hydrogen-bond donors (Lipinski definition) is 0. The number of hydrogen-bond acceptors (Lipinski definition) is 3. The molecule has 2 aromatic heterocycles. The monoisotopic (exact) mass is 372 g/mol. The van der Waals surface area contributed by atoms with E-state index < -0.39 is 0 Å². The highest BCUT2D eigenvalue weighted by Crippen LogP contribution is 2.35. The topological polar surface area (TPSA) is 34.0 Å². The van der Waals surface area contributed by atoms with Gasteiger partial charge in [0, 0.05) is 24.8 Å². The van der Waals surface area contributed by atoms with Crippen molar-refractivity contribution in [3.63, 3.8) is 0 Å². The average Bonchev–Trinajstić information content (AvgIpc) is 2.92. The van der Waals surface area contributed by atoms with Crippen LogP contribution in [0.2, 0.25) is 5.02 Å². The van der Waals surface area contributed by atoms with Crippen molar-refractivity contribution in [2.45, 2.75) is 25.8 Å². The maximum absolute atomic E-state index is 14.3. The van der Waals surface area contributed by atoms with Crippen LogP contribution in [-0.2, 0) is 13.6 Å². The van der Waals surface area contributed by atoms with E-state index in [-0.39, 0.29) is 11.7 Å². The molecule has 0 spiro atoms. The van der Waals surface area contributed by atoms with Gasteiger partial charge in [-0.25, -0.2) is 14.4 Å². The second kappa shape index (κ2) is 6.97. The van der Waals surface area contributed by atoms with Crippen molar-refractivity contribution >= 4 is 22.8 Å². The Balaban J connectivity index is 1.49. The van der Waals surface area contributed by atoms with Gasteiger partial charge in [-0.1, -0.05) is 24.6 Å². The molecule has 0 N–H and O–H groups in total. The first-order valence-electron chi connectivity index (χ1n) is 8.96. The zero-order valence-corrected chi connectivity index (χ0v) is 15.7. The summed E-state index contributed by atoms with van der Waals surface area (Å²) in [4.78, 5) is 11.4. The van der Waals surface area contributed by atoms with E-state index in [9.17, 15) is 4.39 Å². The summed E-state index contributed by atoms with van der Waals surface area (Å²) in [7, 11) is 2.03. The number of halogens is 2. The molecule has 4 nitrogen and oxygen atoms in total. The number of piperidine rings is 1. The van der Waals surface area contributed by atoms with Crippen LogP contribution < -0.4 is 0 Å². The van der Waals surface area contributed by atoms with E-state index in [0.29, 0.717) is 10.9 Å². The molecule has 2 atom stereocenters. The summed E-state index contributed by atoms with van der Waals surface area (Å²) in [5.74, 6) is 1.42. The molecule has 1 aromatic carbocycles. The molecule has 0 unspecified atom stereocenters. The van der Waals surface area contributed by atoms with Crippen molar-refractivity contribution in [1.82, 2.24) is 19.4 Å². The Morgan fingerprint density at radius 3 is 2.88 bits per heavy atom. The van der Waals surface area contributed by atoms with Crippen molar-refractivity contribution in [2.75, 3.05) is 13.1 Å². The number of likely N-dealkylation sites (tertiary alicyclic amines) is 1. The molecule has 1 aliphatic heterocycles. The molecular formula is C20H22ClFN4. The Kier molecular flexibility index (Phi) is 4.67. The number of aromatic nitrogens is 3. The molecule has 136 valence electrons. The maximum atomic E-state index is 14.3. The van der Waals surface area contributed by atoms with Crippen LogP contribution in [0.4, 0.5) is 4.39 Å². The van der Waals surface area contributed by atoms with E-state index in [2.05, 4.69) is 26.4 Å². The molecule has 1 saturated heterocycles. The lowest BCUT2D eigenvalue weighted by molar-refractivity contribution is 0.150. The molecule has 0 radical (unpaired) electrons. The van der Waals surface area contributed by atoms with Crippen molar-refractivity contribution in [3.8, 4) is 0 Å². The lowest BCUT2D eigenvalue weighted by Gasteiger charge is -2.37. The highest BCUT2D eigenvalue weighted by atomic mass is 35.5. The molecule has 0 aliphatic carbocycles. The second-order valence-electron chi connectivity index (χ2n) is 7.21. The van der Waals surface area contributed by atoms with Crippen molar-refractivity contribution in [3.05, 3.63) is 58.8 Å². The molecular weight excluding hydrogens is 351 g/mol. The standard InChI is InChI=1S/C20H22ClFN4/c1-13-11-26(9-7-15(13)16-6-5-14(21)10-17(16)22)12-19-24-20-18(25(19)2)4-3-8-23-20/h3-6,8,10,13,15H,7,9,11-12H2,1-2H3/t13-,15+/m0/s1. The van der Waals surface area contributed by atoms with Gasteiger partial charge in [-0.15, -0.1) is 0 Å². The zero-order valence-electron chi connectivity index (χ0n) is 15.0. The van der Waals surface area contributed by atoms with Crippen LogP contribution >= 0.6 is 11.6 Å². The Labute approximate surface area is 157 Å². The first kappa shape index (κ1) is 17.4. The zero-order chi connectivity index (χ0) is 18.3. The number of pyridine rings is 1. The lowest BCUT2D eigenvalue weighted by Crippen LogP contribution is -2.38. The van der Waals surface area contributed by atoms with Gasteiger partial charge in [0.15, 0.2) is 5.65 Å². The average molecular weight is 373 g/mol. The van der Waals surface area contributed by atoms with Crippen LogP contribution in [0.3, 0.4) is 0 Å². The Hall–Kier alpha value is -1.98. The lowest BCUT2D eigenvalue weighted by atomic mass is 9.81. The van der Waals surface area contributed by atoms with Gasteiger partial charge in [-0.05, 0) is 54.6 Å². The molecule has 1 aliphatic rings. The summed E-state index contributed by atoms with van der Waals surface area (Å²) in [5.41, 5.74) is 2.62. The number of fused-ring (bicyclic) bond motifs is 1. The predicted molar refractivity (Wildman–Crippen MR) is 102 cm³/mol. The van der Waals surface area contributed by atoms with Crippen LogP contribution in [0.25, 0.3) is 11.2 Å². The van der Waals surface area contributed by atoms with E-state index in [1.165, 1.54) is 6.07 Å². The minimum atomic E-state index is -0.191. The summed E-state index contributed by atoms with van der Waals surface area (Å²) >= 11 is 5.89. The van der Waals surface area contributed by atoms with Crippen molar-refractivity contribution in [1.29, 1.82) is 0 Å². The van der Waals surface area contributed by atoms with E-state index in [1.54, 1.807) is 12.3 Å². The van der Waals surface area contributed by atoms with E-state index >= 15 is 0 Å². The number of nitrogens with zero attached hydrogens (tertiary/aromatic N) is 4. The SMILES string of the molecule is C[C@H]1CN(Cc2nc3ncccc3n2C)CC[C@H]1c1ccc(Cl)cc1F. The smallest absolute Gasteiger partial charge is 0.177 e. The van der Waals surface area contributed by atoms with Gasteiger partial charge in [0.2, 0.25) is 0 Å². The van der Waals surface area contributed by atoms with Crippen molar-refractivity contribution < 1.29 is 4.39 Å². The third-order valence-corrected chi connectivity index (χ3v) is 5.70. The largest absolute Gasteiger partial charge is 0.329 e. The molecule has 3 aromatic rings. The summed E-state index contributed by atoms with van der Waals surface area (Å²) in [6.07, 6.45) is 2.70. The van der Waals surface area contributed by atoms with Crippen LogP contribution in [-0.4, -0.2) is 32.5 Å². The highest BCUT2D eigenvalue weighted by Gasteiger charge is 2.29. The minimum absolute atomic E-state index is 0.191. The number of rotatable bonds is 3. The quantitative estimate of drug-likeness (QED) is 0.684. The Morgan fingerprint density at radius 2 is 2.15 bits per heavy atom. The molecule has 0 amide bonds. The predicted octanol–water partition coefficient (Wildman–Crippen LogP) is 4.39. The van der Waals surface area contributed by atoms with E-state index in [0.717, 1.165) is 48.6 Å². The molecule has 4 rings (SSSR count). The van der Waals surface area contributed by atoms with E-state index in [1.807, 2.05) is 25.2 Å². The molecule has 26 heavy (non-hydrogen) atoms.